The second-order valence-electron chi connectivity index (χ2n) is 8.79. The first-order valence-corrected chi connectivity index (χ1v) is 11.7. The SMILES string of the molecule is CN(CCNC(=O)c1ccnc(N2CCNC(c3ccccc3)C2)c1)C1CCCCC1. The van der Waals surface area contributed by atoms with Crippen molar-refractivity contribution >= 4 is 11.7 Å². The molecule has 1 aliphatic heterocycles. The van der Waals surface area contributed by atoms with Gasteiger partial charge in [0.25, 0.3) is 5.91 Å². The van der Waals surface area contributed by atoms with Gasteiger partial charge in [-0.3, -0.25) is 4.79 Å². The van der Waals surface area contributed by atoms with E-state index in [1.165, 1.54) is 37.7 Å². The number of nitrogens with zero attached hydrogens (tertiary/aromatic N) is 3. The fourth-order valence-corrected chi connectivity index (χ4v) is 4.75. The molecule has 31 heavy (non-hydrogen) atoms. The molecular formula is C25H35N5O. The summed E-state index contributed by atoms with van der Waals surface area (Å²) < 4.78 is 0. The summed E-state index contributed by atoms with van der Waals surface area (Å²) in [6.07, 6.45) is 8.35. The first-order valence-electron chi connectivity index (χ1n) is 11.7. The average molecular weight is 422 g/mol. The van der Waals surface area contributed by atoms with Crippen LogP contribution in [0.4, 0.5) is 5.82 Å². The van der Waals surface area contributed by atoms with E-state index in [4.69, 9.17) is 0 Å². The highest BCUT2D eigenvalue weighted by molar-refractivity contribution is 5.94. The molecule has 1 atom stereocenters. The third kappa shape index (κ3) is 5.83. The summed E-state index contributed by atoms with van der Waals surface area (Å²) in [6, 6.07) is 15.2. The number of carbonyl (C=O) groups is 1. The lowest BCUT2D eigenvalue weighted by atomic mass is 9.94. The van der Waals surface area contributed by atoms with Crippen molar-refractivity contribution in [1.82, 2.24) is 20.5 Å². The number of hydrogen-bond donors (Lipinski definition) is 2. The number of anilines is 1. The average Bonchev–Trinajstić information content (AvgIpc) is 2.85. The number of aromatic nitrogens is 1. The molecule has 2 aromatic rings. The standard InChI is InChI=1S/C25H35N5O/c1-29(22-10-6-3-7-11-22)16-14-28-25(31)21-12-13-27-24(18-21)30-17-15-26-23(19-30)20-8-4-2-5-9-20/h2,4-5,8-9,12-13,18,22-23,26H,3,6-7,10-11,14-17,19H2,1H3,(H,28,31). The Labute approximate surface area is 186 Å². The Morgan fingerprint density at radius 1 is 1.19 bits per heavy atom. The van der Waals surface area contributed by atoms with Gasteiger partial charge in [0.2, 0.25) is 0 Å². The van der Waals surface area contributed by atoms with E-state index >= 15 is 0 Å². The van der Waals surface area contributed by atoms with Crippen molar-refractivity contribution in [2.24, 2.45) is 0 Å². The first-order chi connectivity index (χ1) is 15.2. The maximum atomic E-state index is 12.7. The Kier molecular flexibility index (Phi) is 7.54. The topological polar surface area (TPSA) is 60.5 Å². The molecule has 1 aromatic heterocycles. The van der Waals surface area contributed by atoms with Crippen molar-refractivity contribution in [2.75, 3.05) is 44.7 Å². The van der Waals surface area contributed by atoms with E-state index in [9.17, 15) is 4.79 Å². The molecule has 0 spiro atoms. The van der Waals surface area contributed by atoms with Gasteiger partial charge in [0.1, 0.15) is 5.82 Å². The van der Waals surface area contributed by atoms with Crippen LogP contribution in [0.3, 0.4) is 0 Å². The maximum Gasteiger partial charge on any atom is 0.251 e. The Bertz CT molecular complexity index is 837. The highest BCUT2D eigenvalue weighted by Gasteiger charge is 2.22. The van der Waals surface area contributed by atoms with Gasteiger partial charge in [-0.25, -0.2) is 4.98 Å². The molecule has 6 nitrogen and oxygen atoms in total. The smallest absolute Gasteiger partial charge is 0.251 e. The highest BCUT2D eigenvalue weighted by atomic mass is 16.1. The molecule has 1 amide bonds. The number of piperazine rings is 1. The molecule has 166 valence electrons. The van der Waals surface area contributed by atoms with Crippen molar-refractivity contribution in [3.05, 3.63) is 59.8 Å². The monoisotopic (exact) mass is 421 g/mol. The molecule has 4 rings (SSSR count). The summed E-state index contributed by atoms with van der Waals surface area (Å²) in [5.74, 6) is 0.852. The molecular weight excluding hydrogens is 386 g/mol. The van der Waals surface area contributed by atoms with Gasteiger partial charge in [0.05, 0.1) is 0 Å². The lowest BCUT2D eigenvalue weighted by Gasteiger charge is -2.35. The van der Waals surface area contributed by atoms with Crippen molar-refractivity contribution < 1.29 is 4.79 Å². The number of hydrogen-bond acceptors (Lipinski definition) is 5. The Morgan fingerprint density at radius 2 is 2.00 bits per heavy atom. The van der Waals surface area contributed by atoms with E-state index in [2.05, 4.69) is 56.7 Å². The molecule has 1 unspecified atom stereocenters. The fraction of sp³-hybridized carbons (Fsp3) is 0.520. The maximum absolute atomic E-state index is 12.7. The van der Waals surface area contributed by atoms with Crippen LogP contribution in [0.15, 0.2) is 48.7 Å². The number of benzene rings is 1. The van der Waals surface area contributed by atoms with Gasteiger partial charge in [-0.2, -0.15) is 0 Å². The minimum absolute atomic E-state index is 0.0181. The lowest BCUT2D eigenvalue weighted by Crippen LogP contribution is -2.46. The van der Waals surface area contributed by atoms with Crippen molar-refractivity contribution in [1.29, 1.82) is 0 Å². The van der Waals surface area contributed by atoms with Crippen LogP contribution in [0, 0.1) is 0 Å². The number of rotatable bonds is 7. The molecule has 6 heteroatoms. The molecule has 2 heterocycles. The largest absolute Gasteiger partial charge is 0.353 e. The van der Waals surface area contributed by atoms with Crippen LogP contribution in [0.25, 0.3) is 0 Å². The van der Waals surface area contributed by atoms with E-state index in [1.54, 1.807) is 12.3 Å². The number of amides is 1. The predicted molar refractivity (Wildman–Crippen MR) is 125 cm³/mol. The summed E-state index contributed by atoms with van der Waals surface area (Å²) in [6.45, 7) is 4.19. The zero-order valence-corrected chi connectivity index (χ0v) is 18.6. The van der Waals surface area contributed by atoms with E-state index < -0.39 is 0 Å². The summed E-state index contributed by atoms with van der Waals surface area (Å²) in [5, 5.41) is 6.68. The summed E-state index contributed by atoms with van der Waals surface area (Å²) >= 11 is 0. The lowest BCUT2D eigenvalue weighted by molar-refractivity contribution is 0.0944. The first kappa shape index (κ1) is 21.8. The second-order valence-corrected chi connectivity index (χ2v) is 8.79. The van der Waals surface area contributed by atoms with Gasteiger partial charge in [-0.05, 0) is 37.6 Å². The minimum atomic E-state index is -0.0181. The van der Waals surface area contributed by atoms with Crippen LogP contribution in [-0.2, 0) is 0 Å². The normalized spacial score (nSPS) is 20.1. The number of nitrogens with one attached hydrogen (secondary N) is 2. The molecule has 0 radical (unpaired) electrons. The van der Waals surface area contributed by atoms with Gasteiger partial charge in [0.15, 0.2) is 0 Å². The minimum Gasteiger partial charge on any atom is -0.353 e. The number of likely N-dealkylation sites (N-methyl/N-ethyl adjacent to an activating group) is 1. The van der Waals surface area contributed by atoms with Crippen LogP contribution in [-0.4, -0.2) is 61.6 Å². The quantitative estimate of drug-likeness (QED) is 0.719. The third-order valence-corrected chi connectivity index (χ3v) is 6.66. The van der Waals surface area contributed by atoms with Crippen molar-refractivity contribution in [2.45, 2.75) is 44.2 Å². The number of pyridine rings is 1. The summed E-state index contributed by atoms with van der Waals surface area (Å²) in [5.41, 5.74) is 1.96. The Morgan fingerprint density at radius 3 is 2.81 bits per heavy atom. The van der Waals surface area contributed by atoms with Crippen LogP contribution in [0.2, 0.25) is 0 Å². The van der Waals surface area contributed by atoms with E-state index in [0.717, 1.165) is 32.0 Å². The van der Waals surface area contributed by atoms with Crippen molar-refractivity contribution in [3.63, 3.8) is 0 Å². The molecule has 2 aliphatic rings. The van der Waals surface area contributed by atoms with Gasteiger partial charge < -0.3 is 20.4 Å². The highest BCUT2D eigenvalue weighted by Crippen LogP contribution is 2.22. The Balaban J connectivity index is 1.31. The van der Waals surface area contributed by atoms with Gasteiger partial charge in [-0.15, -0.1) is 0 Å². The second kappa shape index (κ2) is 10.7. The Hall–Kier alpha value is -2.44. The van der Waals surface area contributed by atoms with Gasteiger partial charge in [0, 0.05) is 56.6 Å². The molecule has 2 N–H and O–H groups in total. The van der Waals surface area contributed by atoms with Crippen LogP contribution in [0.1, 0.15) is 54.1 Å². The zero-order valence-electron chi connectivity index (χ0n) is 18.6. The third-order valence-electron chi connectivity index (χ3n) is 6.66. The van der Waals surface area contributed by atoms with E-state index in [1.807, 2.05) is 12.1 Å². The van der Waals surface area contributed by atoms with E-state index in [0.29, 0.717) is 18.2 Å². The molecule has 2 fully saturated rings. The van der Waals surface area contributed by atoms with Crippen LogP contribution >= 0.6 is 0 Å². The molecule has 1 aliphatic carbocycles. The number of carbonyl (C=O) groups excluding carboxylic acids is 1. The molecule has 0 bridgehead atoms. The molecule has 1 aromatic carbocycles. The summed E-state index contributed by atoms with van der Waals surface area (Å²) in [7, 11) is 2.18. The predicted octanol–water partition coefficient (Wildman–Crippen LogP) is 3.23. The zero-order chi connectivity index (χ0) is 21.5. The molecule has 1 saturated carbocycles. The van der Waals surface area contributed by atoms with Crippen molar-refractivity contribution in [3.8, 4) is 0 Å². The fourth-order valence-electron chi connectivity index (χ4n) is 4.75. The van der Waals surface area contributed by atoms with Gasteiger partial charge >= 0.3 is 0 Å². The van der Waals surface area contributed by atoms with E-state index in [-0.39, 0.29) is 11.9 Å². The summed E-state index contributed by atoms with van der Waals surface area (Å²) in [4.78, 5) is 22.0. The van der Waals surface area contributed by atoms with Gasteiger partial charge in [-0.1, -0.05) is 49.6 Å². The molecule has 1 saturated heterocycles. The van der Waals surface area contributed by atoms with Crippen LogP contribution < -0.4 is 15.5 Å². The van der Waals surface area contributed by atoms with Crippen LogP contribution in [0.5, 0.6) is 0 Å².